The lowest BCUT2D eigenvalue weighted by Gasteiger charge is -2.32. The lowest BCUT2D eigenvalue weighted by atomic mass is 9.80. The standard InChI is InChI=1S/C13H20N4O4/c14-3-4-17-7-10(16-9-17)11(18)15-8-13(12(19)20)1-5-21-6-2-13/h7,9H,1-6,8,14H2,(H,15,18)(H,19,20). The third-order valence-electron chi connectivity index (χ3n) is 3.74. The van der Waals surface area contributed by atoms with Crippen LogP contribution in [0.25, 0.3) is 0 Å². The molecular formula is C13H20N4O4. The van der Waals surface area contributed by atoms with Crippen LogP contribution >= 0.6 is 0 Å². The van der Waals surface area contributed by atoms with E-state index in [4.69, 9.17) is 10.5 Å². The molecular weight excluding hydrogens is 276 g/mol. The van der Waals surface area contributed by atoms with E-state index in [9.17, 15) is 14.7 Å². The van der Waals surface area contributed by atoms with Crippen molar-refractivity contribution >= 4 is 11.9 Å². The van der Waals surface area contributed by atoms with Crippen LogP contribution in [0.5, 0.6) is 0 Å². The number of ether oxygens (including phenoxy) is 1. The summed E-state index contributed by atoms with van der Waals surface area (Å²) in [6.45, 7) is 1.91. The fraction of sp³-hybridized carbons (Fsp3) is 0.615. The number of hydrogen-bond donors (Lipinski definition) is 3. The maximum absolute atomic E-state index is 12.0. The number of imidazole rings is 1. The molecule has 4 N–H and O–H groups in total. The van der Waals surface area contributed by atoms with Crippen molar-refractivity contribution in [3.8, 4) is 0 Å². The highest BCUT2D eigenvalue weighted by Crippen LogP contribution is 2.30. The fourth-order valence-corrected chi connectivity index (χ4v) is 2.32. The van der Waals surface area contributed by atoms with Gasteiger partial charge in [0.2, 0.25) is 0 Å². The second-order valence-corrected chi connectivity index (χ2v) is 5.17. The highest BCUT2D eigenvalue weighted by Gasteiger charge is 2.40. The van der Waals surface area contributed by atoms with E-state index < -0.39 is 11.4 Å². The Hall–Kier alpha value is -1.93. The number of carboxylic acid groups (broad SMARTS) is 1. The Balaban J connectivity index is 1.96. The van der Waals surface area contributed by atoms with Crippen molar-refractivity contribution in [2.45, 2.75) is 19.4 Å². The largest absolute Gasteiger partial charge is 0.481 e. The first kappa shape index (κ1) is 15.5. The maximum atomic E-state index is 12.0. The van der Waals surface area contributed by atoms with Gasteiger partial charge in [0.25, 0.3) is 5.91 Å². The minimum atomic E-state index is -0.951. The quantitative estimate of drug-likeness (QED) is 0.648. The third-order valence-corrected chi connectivity index (χ3v) is 3.74. The molecule has 0 saturated carbocycles. The van der Waals surface area contributed by atoms with Crippen LogP contribution in [0.2, 0.25) is 0 Å². The van der Waals surface area contributed by atoms with Crippen LogP contribution in [0.4, 0.5) is 0 Å². The number of amides is 1. The number of carboxylic acids is 1. The molecule has 8 heteroatoms. The number of carbonyl (C=O) groups excluding carboxylic acids is 1. The molecule has 1 aromatic heterocycles. The number of hydrogen-bond acceptors (Lipinski definition) is 5. The summed E-state index contributed by atoms with van der Waals surface area (Å²) in [5.74, 6) is -1.28. The Labute approximate surface area is 122 Å². The molecule has 1 aliphatic rings. The summed E-state index contributed by atoms with van der Waals surface area (Å²) in [5, 5.41) is 12.1. The average Bonchev–Trinajstić information content (AvgIpc) is 2.95. The molecule has 0 spiro atoms. The van der Waals surface area contributed by atoms with Gasteiger partial charge in [-0.15, -0.1) is 0 Å². The number of nitrogens with zero attached hydrogens (tertiary/aromatic N) is 2. The molecule has 0 unspecified atom stereocenters. The Morgan fingerprint density at radius 3 is 2.81 bits per heavy atom. The van der Waals surface area contributed by atoms with Crippen molar-refractivity contribution in [1.82, 2.24) is 14.9 Å². The van der Waals surface area contributed by atoms with E-state index in [0.29, 0.717) is 39.1 Å². The number of nitrogens with one attached hydrogen (secondary N) is 1. The molecule has 1 aliphatic heterocycles. The molecule has 116 valence electrons. The van der Waals surface area contributed by atoms with Crippen molar-refractivity contribution in [2.75, 3.05) is 26.3 Å². The van der Waals surface area contributed by atoms with Crippen LogP contribution in [-0.2, 0) is 16.1 Å². The number of aliphatic carboxylic acids is 1. The van der Waals surface area contributed by atoms with Crippen molar-refractivity contribution in [3.05, 3.63) is 18.2 Å². The Morgan fingerprint density at radius 2 is 2.19 bits per heavy atom. The summed E-state index contributed by atoms with van der Waals surface area (Å²) >= 11 is 0. The zero-order valence-electron chi connectivity index (χ0n) is 11.7. The first-order valence-electron chi connectivity index (χ1n) is 6.88. The van der Waals surface area contributed by atoms with Gasteiger partial charge in [0.05, 0.1) is 11.7 Å². The van der Waals surface area contributed by atoms with Gasteiger partial charge in [0.1, 0.15) is 5.69 Å². The van der Waals surface area contributed by atoms with Gasteiger partial charge in [-0.05, 0) is 12.8 Å². The van der Waals surface area contributed by atoms with Gasteiger partial charge in [-0.25, -0.2) is 4.98 Å². The molecule has 2 rings (SSSR count). The van der Waals surface area contributed by atoms with E-state index in [1.165, 1.54) is 6.33 Å². The van der Waals surface area contributed by atoms with E-state index in [-0.39, 0.29) is 18.1 Å². The summed E-state index contributed by atoms with van der Waals surface area (Å²) < 4.78 is 6.91. The van der Waals surface area contributed by atoms with Crippen LogP contribution in [-0.4, -0.2) is 52.8 Å². The van der Waals surface area contributed by atoms with E-state index in [0.717, 1.165) is 0 Å². The molecule has 1 aromatic rings. The monoisotopic (exact) mass is 296 g/mol. The molecule has 8 nitrogen and oxygen atoms in total. The second kappa shape index (κ2) is 6.68. The van der Waals surface area contributed by atoms with Crippen LogP contribution in [0.3, 0.4) is 0 Å². The van der Waals surface area contributed by atoms with Crippen molar-refractivity contribution in [3.63, 3.8) is 0 Å². The highest BCUT2D eigenvalue weighted by molar-refractivity contribution is 5.92. The second-order valence-electron chi connectivity index (χ2n) is 5.17. The smallest absolute Gasteiger partial charge is 0.311 e. The fourth-order valence-electron chi connectivity index (χ4n) is 2.32. The first-order chi connectivity index (χ1) is 10.1. The molecule has 21 heavy (non-hydrogen) atoms. The molecule has 1 fully saturated rings. The Morgan fingerprint density at radius 1 is 1.48 bits per heavy atom. The maximum Gasteiger partial charge on any atom is 0.311 e. The van der Waals surface area contributed by atoms with Gasteiger partial charge in [-0.2, -0.15) is 0 Å². The number of carbonyl (C=O) groups is 2. The topological polar surface area (TPSA) is 119 Å². The molecule has 1 amide bonds. The van der Waals surface area contributed by atoms with E-state index >= 15 is 0 Å². The minimum absolute atomic E-state index is 0.0777. The van der Waals surface area contributed by atoms with Gasteiger partial charge < -0.3 is 25.5 Å². The normalized spacial score (nSPS) is 17.4. The van der Waals surface area contributed by atoms with Crippen molar-refractivity contribution in [1.29, 1.82) is 0 Å². The zero-order valence-corrected chi connectivity index (χ0v) is 11.7. The van der Waals surface area contributed by atoms with Gasteiger partial charge >= 0.3 is 5.97 Å². The highest BCUT2D eigenvalue weighted by atomic mass is 16.5. The van der Waals surface area contributed by atoms with Gasteiger partial charge in [0.15, 0.2) is 0 Å². The predicted octanol–water partition coefficient (Wildman–Crippen LogP) is -0.547. The summed E-state index contributed by atoms with van der Waals surface area (Å²) in [5.41, 5.74) is 4.74. The Kier molecular flexibility index (Phi) is 4.92. The van der Waals surface area contributed by atoms with Crippen LogP contribution < -0.4 is 11.1 Å². The van der Waals surface area contributed by atoms with Gasteiger partial charge in [0, 0.05) is 39.0 Å². The SMILES string of the molecule is NCCn1cnc(C(=O)NCC2(C(=O)O)CCOCC2)c1. The lowest BCUT2D eigenvalue weighted by molar-refractivity contribution is -0.154. The molecule has 0 radical (unpaired) electrons. The zero-order chi connectivity index (χ0) is 15.3. The van der Waals surface area contributed by atoms with E-state index in [1.54, 1.807) is 10.8 Å². The Bertz CT molecular complexity index is 508. The van der Waals surface area contributed by atoms with E-state index in [2.05, 4.69) is 10.3 Å². The molecule has 0 aromatic carbocycles. The molecule has 0 bridgehead atoms. The van der Waals surface area contributed by atoms with Crippen molar-refractivity contribution in [2.24, 2.45) is 11.1 Å². The van der Waals surface area contributed by atoms with Crippen LogP contribution in [0.15, 0.2) is 12.5 Å². The number of aromatic nitrogens is 2. The molecule has 0 aliphatic carbocycles. The predicted molar refractivity (Wildman–Crippen MR) is 73.7 cm³/mol. The molecule has 1 saturated heterocycles. The number of rotatable bonds is 6. The third kappa shape index (κ3) is 3.59. The lowest BCUT2D eigenvalue weighted by Crippen LogP contribution is -2.46. The summed E-state index contributed by atoms with van der Waals surface area (Å²) in [6, 6.07) is 0. The molecule has 2 heterocycles. The van der Waals surface area contributed by atoms with E-state index in [1.807, 2.05) is 0 Å². The minimum Gasteiger partial charge on any atom is -0.481 e. The van der Waals surface area contributed by atoms with Gasteiger partial charge in [-0.1, -0.05) is 0 Å². The van der Waals surface area contributed by atoms with Gasteiger partial charge in [-0.3, -0.25) is 9.59 Å². The first-order valence-corrected chi connectivity index (χ1v) is 6.88. The van der Waals surface area contributed by atoms with Crippen LogP contribution in [0.1, 0.15) is 23.3 Å². The average molecular weight is 296 g/mol. The summed E-state index contributed by atoms with van der Waals surface area (Å²) in [6.07, 6.45) is 3.91. The summed E-state index contributed by atoms with van der Waals surface area (Å²) in [4.78, 5) is 27.5. The van der Waals surface area contributed by atoms with Crippen LogP contribution in [0, 0.1) is 5.41 Å². The summed E-state index contributed by atoms with van der Waals surface area (Å²) in [7, 11) is 0. The number of nitrogens with two attached hydrogens (primary N) is 1. The molecule has 0 atom stereocenters. The van der Waals surface area contributed by atoms with Crippen molar-refractivity contribution < 1.29 is 19.4 Å².